The number of hydrogen-bond donors (Lipinski definition) is 1. The monoisotopic (exact) mass is 356 g/mol. The summed E-state index contributed by atoms with van der Waals surface area (Å²) in [6.07, 6.45) is -0.229. The Bertz CT molecular complexity index is 855. The fourth-order valence-corrected chi connectivity index (χ4v) is 2.96. The van der Waals surface area contributed by atoms with E-state index in [1.54, 1.807) is 18.2 Å². The SMILES string of the molecule is N#Cc1cc(CC(=O)Cc2ccc([C@H]3CNCCO3)cc2F)ccc1F. The van der Waals surface area contributed by atoms with E-state index in [2.05, 4.69) is 5.32 Å². The van der Waals surface area contributed by atoms with Crippen LogP contribution in [0.25, 0.3) is 0 Å². The molecule has 2 aromatic carbocycles. The van der Waals surface area contributed by atoms with Crippen molar-refractivity contribution in [3.8, 4) is 6.07 Å². The fraction of sp³-hybridized carbons (Fsp3) is 0.300. The second kappa shape index (κ2) is 8.17. The van der Waals surface area contributed by atoms with Gasteiger partial charge in [-0.15, -0.1) is 0 Å². The summed E-state index contributed by atoms with van der Waals surface area (Å²) in [5.41, 5.74) is 1.48. The quantitative estimate of drug-likeness (QED) is 0.895. The summed E-state index contributed by atoms with van der Waals surface area (Å²) in [6, 6.07) is 10.5. The van der Waals surface area contributed by atoms with Gasteiger partial charge in [0, 0.05) is 25.9 Å². The number of carbonyl (C=O) groups excluding carboxylic acids is 1. The number of halogens is 2. The van der Waals surface area contributed by atoms with Gasteiger partial charge < -0.3 is 10.1 Å². The van der Waals surface area contributed by atoms with Crippen molar-refractivity contribution in [3.63, 3.8) is 0 Å². The standard InChI is InChI=1S/C20H18F2N2O2/c21-18-4-1-13(7-16(18)11-23)8-17(25)9-14-2-3-15(10-19(14)22)20-12-24-5-6-26-20/h1-4,7,10,20,24H,5-6,8-9,12H2/t20-/m1/s1. The normalized spacial score (nSPS) is 16.9. The van der Waals surface area contributed by atoms with E-state index in [-0.39, 0.29) is 30.3 Å². The zero-order valence-electron chi connectivity index (χ0n) is 14.1. The van der Waals surface area contributed by atoms with Crippen LogP contribution in [0.3, 0.4) is 0 Å². The Hall–Kier alpha value is -2.62. The van der Waals surface area contributed by atoms with Crippen molar-refractivity contribution in [3.05, 3.63) is 70.3 Å². The molecule has 3 rings (SSSR count). The van der Waals surface area contributed by atoms with Crippen LogP contribution >= 0.6 is 0 Å². The molecule has 4 nitrogen and oxygen atoms in total. The smallest absolute Gasteiger partial charge is 0.141 e. The Morgan fingerprint density at radius 1 is 1.19 bits per heavy atom. The van der Waals surface area contributed by atoms with Crippen LogP contribution < -0.4 is 5.32 Å². The van der Waals surface area contributed by atoms with E-state index in [1.165, 1.54) is 18.2 Å². The lowest BCUT2D eigenvalue weighted by atomic mass is 9.99. The Balaban J connectivity index is 1.66. The Kier molecular flexibility index (Phi) is 5.71. The third-order valence-electron chi connectivity index (χ3n) is 4.32. The first-order valence-corrected chi connectivity index (χ1v) is 8.37. The first-order valence-electron chi connectivity index (χ1n) is 8.37. The van der Waals surface area contributed by atoms with E-state index in [1.807, 2.05) is 0 Å². The lowest BCUT2D eigenvalue weighted by Crippen LogP contribution is -2.33. The third-order valence-corrected chi connectivity index (χ3v) is 4.32. The molecule has 0 aromatic heterocycles. The average Bonchev–Trinajstić information content (AvgIpc) is 2.65. The molecule has 26 heavy (non-hydrogen) atoms. The zero-order chi connectivity index (χ0) is 18.5. The first kappa shape index (κ1) is 18.2. The molecule has 0 unspecified atom stereocenters. The summed E-state index contributed by atoms with van der Waals surface area (Å²) >= 11 is 0. The average molecular weight is 356 g/mol. The molecular weight excluding hydrogens is 338 g/mol. The maximum Gasteiger partial charge on any atom is 0.141 e. The minimum atomic E-state index is -0.621. The van der Waals surface area contributed by atoms with Crippen LogP contribution in [0, 0.1) is 23.0 Å². The number of morpholine rings is 1. The summed E-state index contributed by atoms with van der Waals surface area (Å²) in [5, 5.41) is 12.0. The number of rotatable bonds is 5. The predicted octanol–water partition coefficient (Wildman–Crippen LogP) is 2.85. The first-order chi connectivity index (χ1) is 12.6. The van der Waals surface area contributed by atoms with Gasteiger partial charge in [-0.2, -0.15) is 5.26 Å². The van der Waals surface area contributed by atoms with Gasteiger partial charge in [-0.3, -0.25) is 4.79 Å². The zero-order valence-corrected chi connectivity index (χ0v) is 14.1. The molecule has 134 valence electrons. The minimum absolute atomic E-state index is 0.0197. The number of nitrogens with one attached hydrogen (secondary N) is 1. The fourth-order valence-electron chi connectivity index (χ4n) is 2.96. The number of ketones is 1. The minimum Gasteiger partial charge on any atom is -0.371 e. The number of hydrogen-bond acceptors (Lipinski definition) is 4. The van der Waals surface area contributed by atoms with Crippen molar-refractivity contribution in [1.82, 2.24) is 5.32 Å². The van der Waals surface area contributed by atoms with Crippen LogP contribution in [0.4, 0.5) is 8.78 Å². The highest BCUT2D eigenvalue weighted by Gasteiger charge is 2.18. The molecule has 1 saturated heterocycles. The molecule has 1 aliphatic rings. The Morgan fingerprint density at radius 2 is 2.04 bits per heavy atom. The molecule has 1 fully saturated rings. The number of benzene rings is 2. The number of carbonyl (C=O) groups is 1. The molecule has 0 amide bonds. The molecule has 1 atom stereocenters. The summed E-state index contributed by atoms with van der Waals surface area (Å²) in [4.78, 5) is 12.2. The highest BCUT2D eigenvalue weighted by atomic mass is 19.1. The molecule has 1 N–H and O–H groups in total. The van der Waals surface area contributed by atoms with Crippen LogP contribution in [0.5, 0.6) is 0 Å². The molecule has 0 saturated carbocycles. The molecule has 0 radical (unpaired) electrons. The van der Waals surface area contributed by atoms with Crippen LogP contribution in [-0.4, -0.2) is 25.5 Å². The Morgan fingerprint density at radius 3 is 2.73 bits per heavy atom. The van der Waals surface area contributed by atoms with E-state index in [9.17, 15) is 13.6 Å². The molecule has 2 aromatic rings. The van der Waals surface area contributed by atoms with Gasteiger partial charge in [0.25, 0.3) is 0 Å². The molecule has 0 bridgehead atoms. The summed E-state index contributed by atoms with van der Waals surface area (Å²) < 4.78 is 33.3. The van der Waals surface area contributed by atoms with Crippen molar-refractivity contribution in [2.75, 3.05) is 19.7 Å². The predicted molar refractivity (Wildman–Crippen MR) is 91.5 cm³/mol. The maximum absolute atomic E-state index is 14.4. The Labute approximate surface area is 150 Å². The summed E-state index contributed by atoms with van der Waals surface area (Å²) in [6.45, 7) is 1.99. The molecule has 0 aliphatic carbocycles. The molecule has 0 spiro atoms. The van der Waals surface area contributed by atoms with Crippen molar-refractivity contribution < 1.29 is 18.3 Å². The van der Waals surface area contributed by atoms with Crippen molar-refractivity contribution in [2.45, 2.75) is 18.9 Å². The van der Waals surface area contributed by atoms with E-state index in [0.717, 1.165) is 18.2 Å². The van der Waals surface area contributed by atoms with Crippen LogP contribution in [-0.2, 0) is 22.4 Å². The lowest BCUT2D eigenvalue weighted by molar-refractivity contribution is -0.117. The number of ether oxygens (including phenoxy) is 1. The third kappa shape index (κ3) is 4.31. The second-order valence-electron chi connectivity index (χ2n) is 6.23. The number of nitrogens with zero attached hydrogens (tertiary/aromatic N) is 1. The highest BCUT2D eigenvalue weighted by Crippen LogP contribution is 2.22. The number of nitriles is 1. The van der Waals surface area contributed by atoms with E-state index >= 15 is 0 Å². The summed E-state index contributed by atoms with van der Waals surface area (Å²) in [5.74, 6) is -1.27. The van der Waals surface area contributed by atoms with Crippen molar-refractivity contribution in [1.29, 1.82) is 5.26 Å². The van der Waals surface area contributed by atoms with Crippen LogP contribution in [0.15, 0.2) is 36.4 Å². The van der Waals surface area contributed by atoms with Crippen molar-refractivity contribution in [2.24, 2.45) is 0 Å². The largest absolute Gasteiger partial charge is 0.371 e. The molecule has 1 aliphatic heterocycles. The highest BCUT2D eigenvalue weighted by molar-refractivity contribution is 5.83. The lowest BCUT2D eigenvalue weighted by Gasteiger charge is -2.24. The van der Waals surface area contributed by atoms with Crippen molar-refractivity contribution >= 4 is 5.78 Å². The van der Waals surface area contributed by atoms with Crippen LogP contribution in [0.1, 0.15) is 28.4 Å². The van der Waals surface area contributed by atoms with Gasteiger partial charge in [-0.25, -0.2) is 8.78 Å². The van der Waals surface area contributed by atoms with Gasteiger partial charge in [-0.05, 0) is 34.9 Å². The van der Waals surface area contributed by atoms with Gasteiger partial charge in [0.05, 0.1) is 18.3 Å². The molecule has 1 heterocycles. The number of Topliss-reactive ketones (excluding diaryl/α,β-unsaturated/α-hetero) is 1. The van der Waals surface area contributed by atoms with E-state index in [4.69, 9.17) is 10.00 Å². The van der Waals surface area contributed by atoms with Gasteiger partial charge in [-0.1, -0.05) is 18.2 Å². The summed E-state index contributed by atoms with van der Waals surface area (Å²) in [7, 11) is 0. The van der Waals surface area contributed by atoms with Gasteiger partial charge in [0.2, 0.25) is 0 Å². The van der Waals surface area contributed by atoms with E-state index < -0.39 is 11.6 Å². The van der Waals surface area contributed by atoms with Gasteiger partial charge in [0.15, 0.2) is 0 Å². The van der Waals surface area contributed by atoms with Gasteiger partial charge >= 0.3 is 0 Å². The second-order valence-corrected chi connectivity index (χ2v) is 6.23. The van der Waals surface area contributed by atoms with Crippen LogP contribution in [0.2, 0.25) is 0 Å². The molecule has 6 heteroatoms. The van der Waals surface area contributed by atoms with E-state index in [0.29, 0.717) is 24.3 Å². The van der Waals surface area contributed by atoms with Gasteiger partial charge in [0.1, 0.15) is 23.5 Å². The maximum atomic E-state index is 14.4. The molecular formula is C20H18F2N2O2. The topological polar surface area (TPSA) is 62.1 Å².